The molecule has 0 saturated heterocycles. The molecule has 1 aliphatic rings. The quantitative estimate of drug-likeness (QED) is 0.158. The first-order valence-electron chi connectivity index (χ1n) is 11.0. The standard InChI is InChI=1S/C19H11N2S.C11H8N.Ir/c1-2-7-14(8-3-1)20-13-21-15-9-4-5-11-17(15)22-18-12-6-10-16(20)19(18)21;1-2-6-10(7-3-1)11-8-4-5-9-12-11;/h1-8,10-12H;1-6,8-9H;/q2*-1;+3. The van der Waals surface area contributed by atoms with Gasteiger partial charge in [0.25, 0.3) is 6.33 Å². The maximum Gasteiger partial charge on any atom is 3.00 e. The van der Waals surface area contributed by atoms with Crippen molar-refractivity contribution in [2.24, 2.45) is 0 Å². The van der Waals surface area contributed by atoms with Crippen molar-refractivity contribution in [3.05, 3.63) is 134 Å². The van der Waals surface area contributed by atoms with Crippen LogP contribution in [-0.4, -0.2) is 9.55 Å². The van der Waals surface area contributed by atoms with Gasteiger partial charge in [-0.15, -0.1) is 35.9 Å². The molecule has 0 N–H and O–H groups in total. The molecule has 0 atom stereocenters. The number of hydrogen-bond acceptors (Lipinski definition) is 2. The van der Waals surface area contributed by atoms with E-state index >= 15 is 0 Å². The van der Waals surface area contributed by atoms with Crippen LogP contribution < -0.4 is 4.57 Å². The van der Waals surface area contributed by atoms with Gasteiger partial charge in [0.2, 0.25) is 0 Å². The summed E-state index contributed by atoms with van der Waals surface area (Å²) in [7, 11) is 0. The molecule has 4 aromatic carbocycles. The zero-order chi connectivity index (χ0) is 22.7. The fourth-order valence-electron chi connectivity index (χ4n) is 4.00. The van der Waals surface area contributed by atoms with E-state index in [1.165, 1.54) is 20.8 Å². The Kier molecular flexibility index (Phi) is 6.91. The minimum Gasteiger partial charge on any atom is -0.313 e. The number of para-hydroxylation sites is 3. The summed E-state index contributed by atoms with van der Waals surface area (Å²) < 4.78 is 4.25. The van der Waals surface area contributed by atoms with E-state index in [0.29, 0.717) is 0 Å². The second-order valence-corrected chi connectivity index (χ2v) is 8.79. The van der Waals surface area contributed by atoms with Crippen LogP contribution in [0.25, 0.3) is 33.7 Å². The number of rotatable bonds is 2. The summed E-state index contributed by atoms with van der Waals surface area (Å²) >= 11 is 1.80. The minimum atomic E-state index is 0. The number of benzene rings is 4. The largest absolute Gasteiger partial charge is 3.00 e. The maximum absolute atomic E-state index is 4.22. The van der Waals surface area contributed by atoms with Crippen LogP contribution in [0.15, 0.2) is 125 Å². The van der Waals surface area contributed by atoms with Gasteiger partial charge < -0.3 is 9.55 Å². The molecule has 0 fully saturated rings. The van der Waals surface area contributed by atoms with E-state index < -0.39 is 0 Å². The van der Waals surface area contributed by atoms with Crippen molar-refractivity contribution in [2.45, 2.75) is 9.79 Å². The normalized spacial score (nSPS) is 11.1. The fraction of sp³-hybridized carbons (Fsp3) is 0. The second-order valence-electron chi connectivity index (χ2n) is 7.71. The first-order chi connectivity index (χ1) is 16.9. The molecule has 3 nitrogen and oxygen atoms in total. The molecule has 0 saturated carbocycles. The van der Waals surface area contributed by atoms with Crippen LogP contribution in [0.5, 0.6) is 0 Å². The molecule has 0 spiro atoms. The Morgan fingerprint density at radius 1 is 0.714 bits per heavy atom. The number of pyridine rings is 1. The van der Waals surface area contributed by atoms with Gasteiger partial charge in [-0.25, -0.2) is 0 Å². The average Bonchev–Trinajstić information content (AvgIpc) is 3.32. The Balaban J connectivity index is 0.000000167. The summed E-state index contributed by atoms with van der Waals surface area (Å²) in [6.07, 6.45) is 5.28. The molecule has 0 aliphatic carbocycles. The number of hydrogen-bond donors (Lipinski definition) is 0. The predicted molar refractivity (Wildman–Crippen MR) is 135 cm³/mol. The van der Waals surface area contributed by atoms with E-state index in [-0.39, 0.29) is 20.1 Å². The van der Waals surface area contributed by atoms with Gasteiger partial charge in [-0.1, -0.05) is 53.4 Å². The fourth-order valence-corrected chi connectivity index (χ4v) is 5.07. The van der Waals surface area contributed by atoms with E-state index in [1.54, 1.807) is 18.0 Å². The van der Waals surface area contributed by atoms with Crippen molar-refractivity contribution < 1.29 is 24.7 Å². The summed E-state index contributed by atoms with van der Waals surface area (Å²) in [5.41, 5.74) is 6.57. The van der Waals surface area contributed by atoms with Crippen molar-refractivity contribution >= 4 is 22.8 Å². The van der Waals surface area contributed by atoms with Gasteiger partial charge >= 0.3 is 20.1 Å². The monoisotopic (exact) mass is 646 g/mol. The zero-order valence-corrected chi connectivity index (χ0v) is 21.8. The van der Waals surface area contributed by atoms with Crippen LogP contribution >= 0.6 is 11.8 Å². The predicted octanol–water partition coefficient (Wildman–Crippen LogP) is 6.52. The third-order valence-electron chi connectivity index (χ3n) is 5.55. The number of nitrogens with zero attached hydrogens (tertiary/aromatic N) is 3. The molecule has 0 unspecified atom stereocenters. The third kappa shape index (κ3) is 4.59. The summed E-state index contributed by atoms with van der Waals surface area (Å²) in [4.78, 5) is 6.69. The Hall–Kier alpha value is -3.50. The Labute approximate surface area is 222 Å². The first kappa shape index (κ1) is 23.3. The molecule has 0 radical (unpaired) electrons. The zero-order valence-electron chi connectivity index (χ0n) is 18.6. The van der Waals surface area contributed by atoms with Crippen LogP contribution in [0.4, 0.5) is 0 Å². The molecule has 7 rings (SSSR count). The first-order valence-corrected chi connectivity index (χ1v) is 11.8. The smallest absolute Gasteiger partial charge is 0.313 e. The molecule has 35 heavy (non-hydrogen) atoms. The topological polar surface area (TPSA) is 21.7 Å². The van der Waals surface area contributed by atoms with Gasteiger partial charge in [0, 0.05) is 11.1 Å². The molecule has 0 bridgehead atoms. The average molecular weight is 646 g/mol. The minimum absolute atomic E-state index is 0. The summed E-state index contributed by atoms with van der Waals surface area (Å²) in [5.74, 6) is 0. The van der Waals surface area contributed by atoms with Crippen LogP contribution in [0.1, 0.15) is 0 Å². The number of aromatic nitrogens is 3. The van der Waals surface area contributed by atoms with E-state index in [2.05, 4.69) is 81.1 Å². The molecule has 168 valence electrons. The third-order valence-corrected chi connectivity index (χ3v) is 6.65. The molecule has 0 amide bonds. The van der Waals surface area contributed by atoms with Gasteiger partial charge in [-0.3, -0.25) is 4.57 Å². The van der Waals surface area contributed by atoms with Crippen molar-refractivity contribution in [1.29, 1.82) is 0 Å². The van der Waals surface area contributed by atoms with Gasteiger partial charge in [0.15, 0.2) is 0 Å². The molecule has 3 heterocycles. The Morgan fingerprint density at radius 2 is 1.51 bits per heavy atom. The van der Waals surface area contributed by atoms with Crippen LogP contribution in [0.2, 0.25) is 0 Å². The number of imidazole rings is 1. The van der Waals surface area contributed by atoms with Crippen molar-refractivity contribution in [3.8, 4) is 22.6 Å². The van der Waals surface area contributed by atoms with E-state index in [9.17, 15) is 0 Å². The molecule has 2 aromatic heterocycles. The molecule has 5 heteroatoms. The molecular formula is C30H19IrN3S+. The summed E-state index contributed by atoms with van der Waals surface area (Å²) in [6.45, 7) is 0. The van der Waals surface area contributed by atoms with E-state index in [1.807, 2.05) is 60.7 Å². The van der Waals surface area contributed by atoms with Gasteiger partial charge in [-0.2, -0.15) is 36.0 Å². The molecule has 6 aromatic rings. The Bertz CT molecular complexity index is 1530. The molecular weight excluding hydrogens is 627 g/mol. The van der Waals surface area contributed by atoms with Gasteiger partial charge in [0.1, 0.15) is 0 Å². The van der Waals surface area contributed by atoms with Gasteiger partial charge in [0.05, 0.1) is 16.7 Å². The SMILES string of the molecule is [Ir+3].[c-]1cccc2c1-[n+]1[c-]n(-c3ccccc3)c3cccc(c31)S2.[c-]1ccccc1-c1ccccn1. The van der Waals surface area contributed by atoms with E-state index in [0.717, 1.165) is 22.6 Å². The number of fused-ring (bicyclic) bond motifs is 2. The second kappa shape index (κ2) is 10.4. The van der Waals surface area contributed by atoms with E-state index in [4.69, 9.17) is 0 Å². The van der Waals surface area contributed by atoms with Gasteiger partial charge in [-0.05, 0) is 29.6 Å². The van der Waals surface area contributed by atoms with Crippen LogP contribution in [-0.2, 0) is 20.1 Å². The van der Waals surface area contributed by atoms with Crippen LogP contribution in [0.3, 0.4) is 0 Å². The van der Waals surface area contributed by atoms with Crippen molar-refractivity contribution in [2.75, 3.05) is 0 Å². The molecule has 1 aliphatic heterocycles. The Morgan fingerprint density at radius 3 is 2.31 bits per heavy atom. The summed E-state index contributed by atoms with van der Waals surface area (Å²) in [6, 6.07) is 43.1. The van der Waals surface area contributed by atoms with Crippen LogP contribution in [0, 0.1) is 18.5 Å². The summed E-state index contributed by atoms with van der Waals surface area (Å²) in [5, 5.41) is 0. The maximum atomic E-state index is 4.22. The van der Waals surface area contributed by atoms with Crippen molar-refractivity contribution in [3.63, 3.8) is 0 Å². The van der Waals surface area contributed by atoms with Crippen molar-refractivity contribution in [1.82, 2.24) is 9.55 Å².